The highest BCUT2D eigenvalue weighted by molar-refractivity contribution is 6.30. The predicted molar refractivity (Wildman–Crippen MR) is 61.8 cm³/mol. The van der Waals surface area contributed by atoms with E-state index in [2.05, 4.69) is 5.32 Å². The maximum absolute atomic E-state index is 11.5. The van der Waals surface area contributed by atoms with Crippen molar-refractivity contribution in [2.45, 2.75) is 6.10 Å². The minimum absolute atomic E-state index is 0.0391. The highest BCUT2D eigenvalue weighted by Crippen LogP contribution is 2.10. The van der Waals surface area contributed by atoms with Gasteiger partial charge in [-0.2, -0.15) is 0 Å². The standard InChI is InChI=1S/C11H12ClNO4/c12-9-3-1-8(2-4-9)11(16)17-6-10(15)5-13-7-14/h1-4,7,10,15H,5-6H2,(H,13,14). The number of esters is 1. The lowest BCUT2D eigenvalue weighted by Crippen LogP contribution is -2.30. The fourth-order valence-electron chi connectivity index (χ4n) is 1.08. The van der Waals surface area contributed by atoms with Gasteiger partial charge in [0.2, 0.25) is 6.41 Å². The van der Waals surface area contributed by atoms with E-state index in [-0.39, 0.29) is 13.2 Å². The van der Waals surface area contributed by atoms with Gasteiger partial charge in [0.15, 0.2) is 0 Å². The second-order valence-corrected chi connectivity index (χ2v) is 3.72. The van der Waals surface area contributed by atoms with Crippen LogP contribution in [-0.4, -0.2) is 36.7 Å². The zero-order valence-electron chi connectivity index (χ0n) is 8.93. The van der Waals surface area contributed by atoms with Gasteiger partial charge in [0, 0.05) is 11.6 Å². The Bertz CT molecular complexity index is 380. The topological polar surface area (TPSA) is 75.6 Å². The zero-order valence-corrected chi connectivity index (χ0v) is 9.68. The fourth-order valence-corrected chi connectivity index (χ4v) is 1.21. The van der Waals surface area contributed by atoms with Gasteiger partial charge in [-0.25, -0.2) is 4.79 Å². The van der Waals surface area contributed by atoms with Crippen molar-refractivity contribution in [3.8, 4) is 0 Å². The van der Waals surface area contributed by atoms with E-state index in [0.717, 1.165) is 0 Å². The molecule has 1 aromatic carbocycles. The molecular weight excluding hydrogens is 246 g/mol. The summed E-state index contributed by atoms with van der Waals surface area (Å²) >= 11 is 5.67. The summed E-state index contributed by atoms with van der Waals surface area (Å²) in [4.78, 5) is 21.4. The number of amides is 1. The van der Waals surface area contributed by atoms with Gasteiger partial charge in [0.05, 0.1) is 5.56 Å². The fraction of sp³-hybridized carbons (Fsp3) is 0.273. The monoisotopic (exact) mass is 257 g/mol. The van der Waals surface area contributed by atoms with Crippen LogP contribution in [0.15, 0.2) is 24.3 Å². The van der Waals surface area contributed by atoms with Crippen LogP contribution in [0.25, 0.3) is 0 Å². The summed E-state index contributed by atoms with van der Waals surface area (Å²) in [5.74, 6) is -0.549. The molecule has 0 saturated heterocycles. The maximum Gasteiger partial charge on any atom is 0.338 e. The molecule has 0 aliphatic carbocycles. The van der Waals surface area contributed by atoms with Crippen molar-refractivity contribution in [1.29, 1.82) is 0 Å². The number of hydrogen-bond donors (Lipinski definition) is 2. The third-order valence-corrected chi connectivity index (χ3v) is 2.18. The Hall–Kier alpha value is -1.59. The van der Waals surface area contributed by atoms with Crippen molar-refractivity contribution in [3.63, 3.8) is 0 Å². The number of ether oxygens (including phenoxy) is 1. The number of aliphatic hydroxyl groups excluding tert-OH is 1. The van der Waals surface area contributed by atoms with Gasteiger partial charge in [-0.3, -0.25) is 4.79 Å². The largest absolute Gasteiger partial charge is 0.459 e. The SMILES string of the molecule is O=CNCC(O)COC(=O)c1ccc(Cl)cc1. The van der Waals surface area contributed by atoms with Gasteiger partial charge in [-0.15, -0.1) is 0 Å². The highest BCUT2D eigenvalue weighted by atomic mass is 35.5. The number of nitrogens with one attached hydrogen (secondary N) is 1. The Morgan fingerprint density at radius 2 is 2.12 bits per heavy atom. The molecular formula is C11H12ClNO4. The number of hydrogen-bond acceptors (Lipinski definition) is 4. The number of benzene rings is 1. The molecule has 0 aliphatic heterocycles. The second-order valence-electron chi connectivity index (χ2n) is 3.29. The van der Waals surface area contributed by atoms with Crippen molar-refractivity contribution in [2.75, 3.05) is 13.2 Å². The third-order valence-electron chi connectivity index (χ3n) is 1.92. The summed E-state index contributed by atoms with van der Waals surface area (Å²) in [6.07, 6.45) is -0.457. The van der Waals surface area contributed by atoms with E-state index in [1.54, 1.807) is 12.1 Å². The summed E-state index contributed by atoms with van der Waals surface area (Å²) in [5.41, 5.74) is 0.352. The van der Waals surface area contributed by atoms with E-state index < -0.39 is 12.1 Å². The smallest absolute Gasteiger partial charge is 0.338 e. The number of halogens is 1. The van der Waals surface area contributed by atoms with Crippen LogP contribution < -0.4 is 5.32 Å². The lowest BCUT2D eigenvalue weighted by Gasteiger charge is -2.10. The second kappa shape index (κ2) is 6.88. The average molecular weight is 258 g/mol. The zero-order chi connectivity index (χ0) is 12.7. The van der Waals surface area contributed by atoms with Crippen LogP contribution in [0.3, 0.4) is 0 Å². The minimum Gasteiger partial charge on any atom is -0.459 e. The van der Waals surface area contributed by atoms with Gasteiger partial charge in [0.1, 0.15) is 12.7 Å². The molecule has 92 valence electrons. The van der Waals surface area contributed by atoms with E-state index in [4.69, 9.17) is 16.3 Å². The molecule has 0 aliphatic rings. The van der Waals surface area contributed by atoms with E-state index >= 15 is 0 Å². The molecule has 17 heavy (non-hydrogen) atoms. The molecule has 5 nitrogen and oxygen atoms in total. The molecule has 1 amide bonds. The first-order chi connectivity index (χ1) is 8.13. The van der Waals surface area contributed by atoms with E-state index in [0.29, 0.717) is 17.0 Å². The number of aliphatic hydroxyl groups is 1. The molecule has 2 N–H and O–H groups in total. The Morgan fingerprint density at radius 1 is 1.47 bits per heavy atom. The van der Waals surface area contributed by atoms with Crippen molar-refractivity contribution >= 4 is 24.0 Å². The third kappa shape index (κ3) is 4.84. The van der Waals surface area contributed by atoms with Crippen molar-refractivity contribution in [1.82, 2.24) is 5.32 Å². The maximum atomic E-state index is 11.5. The molecule has 1 atom stereocenters. The van der Waals surface area contributed by atoms with E-state index in [9.17, 15) is 14.7 Å². The Morgan fingerprint density at radius 3 is 2.71 bits per heavy atom. The van der Waals surface area contributed by atoms with Crippen LogP contribution in [0.2, 0.25) is 5.02 Å². The minimum atomic E-state index is -0.920. The van der Waals surface area contributed by atoms with Crippen molar-refractivity contribution < 1.29 is 19.4 Å². The normalized spacial score (nSPS) is 11.6. The molecule has 0 radical (unpaired) electrons. The first kappa shape index (κ1) is 13.5. The van der Waals surface area contributed by atoms with Gasteiger partial charge in [-0.1, -0.05) is 11.6 Å². The van der Waals surface area contributed by atoms with Crippen LogP contribution in [-0.2, 0) is 9.53 Å². The molecule has 0 aromatic heterocycles. The lowest BCUT2D eigenvalue weighted by atomic mass is 10.2. The molecule has 0 fully saturated rings. The lowest BCUT2D eigenvalue weighted by molar-refractivity contribution is -0.110. The van der Waals surface area contributed by atoms with Gasteiger partial charge in [-0.05, 0) is 24.3 Å². The molecule has 1 unspecified atom stereocenters. The molecule has 0 heterocycles. The number of rotatable bonds is 6. The van der Waals surface area contributed by atoms with Gasteiger partial charge < -0.3 is 15.2 Å². The van der Waals surface area contributed by atoms with Crippen molar-refractivity contribution in [2.24, 2.45) is 0 Å². The molecule has 0 saturated carbocycles. The summed E-state index contributed by atoms with van der Waals surface area (Å²) < 4.78 is 4.84. The highest BCUT2D eigenvalue weighted by Gasteiger charge is 2.10. The van der Waals surface area contributed by atoms with Gasteiger partial charge in [0.25, 0.3) is 0 Å². The van der Waals surface area contributed by atoms with Crippen LogP contribution in [0.4, 0.5) is 0 Å². The molecule has 0 spiro atoms. The van der Waals surface area contributed by atoms with Crippen molar-refractivity contribution in [3.05, 3.63) is 34.9 Å². The summed E-state index contributed by atoms with van der Waals surface area (Å²) in [6, 6.07) is 6.20. The van der Waals surface area contributed by atoms with E-state index in [1.165, 1.54) is 12.1 Å². The quantitative estimate of drug-likeness (QED) is 0.578. The number of carbonyl (C=O) groups excluding carboxylic acids is 2. The summed E-state index contributed by atoms with van der Waals surface area (Å²) in [5, 5.41) is 12.1. The first-order valence-corrected chi connectivity index (χ1v) is 5.29. The van der Waals surface area contributed by atoms with Crippen LogP contribution in [0, 0.1) is 0 Å². The van der Waals surface area contributed by atoms with Crippen LogP contribution >= 0.6 is 11.6 Å². The van der Waals surface area contributed by atoms with Gasteiger partial charge >= 0.3 is 5.97 Å². The first-order valence-electron chi connectivity index (χ1n) is 4.91. The molecule has 1 rings (SSSR count). The average Bonchev–Trinajstić information content (AvgIpc) is 2.34. The number of carbonyl (C=O) groups is 2. The predicted octanol–water partition coefficient (Wildman–Crippen LogP) is 0.604. The van der Waals surface area contributed by atoms with Crippen LogP contribution in [0.5, 0.6) is 0 Å². The molecule has 1 aromatic rings. The Kier molecular flexibility index (Phi) is 5.45. The summed E-state index contributed by atoms with van der Waals surface area (Å²) in [7, 11) is 0. The Labute approximate surface area is 103 Å². The summed E-state index contributed by atoms with van der Waals surface area (Å²) in [6.45, 7) is -0.139. The van der Waals surface area contributed by atoms with E-state index in [1.807, 2.05) is 0 Å². The molecule has 6 heteroatoms. The molecule has 0 bridgehead atoms. The Balaban J connectivity index is 2.39. The van der Waals surface area contributed by atoms with Crippen LogP contribution in [0.1, 0.15) is 10.4 Å².